The summed E-state index contributed by atoms with van der Waals surface area (Å²) in [6.07, 6.45) is 5.00. The first kappa shape index (κ1) is 17.8. The standard InChI is InChI=1S/C17H20N4O5/c22-14(18-12-5-7-13(8-6-12)21(25)26)11-20-15(23)17(19-16(20)24)9-3-1-2-4-10-17/h5-8H,1-4,9-11H2,(H,18,22)(H,19,24). The number of urea groups is 1. The first-order valence-electron chi connectivity index (χ1n) is 8.60. The molecule has 0 unspecified atom stereocenters. The summed E-state index contributed by atoms with van der Waals surface area (Å²) >= 11 is 0. The zero-order valence-electron chi connectivity index (χ0n) is 14.2. The van der Waals surface area contributed by atoms with E-state index in [2.05, 4.69) is 10.6 Å². The molecule has 9 heteroatoms. The molecule has 1 aliphatic heterocycles. The molecule has 26 heavy (non-hydrogen) atoms. The molecule has 2 aliphatic rings. The molecule has 1 saturated carbocycles. The third-order valence-corrected chi connectivity index (χ3v) is 4.87. The molecule has 0 atom stereocenters. The molecule has 2 fully saturated rings. The summed E-state index contributed by atoms with van der Waals surface area (Å²) in [4.78, 5) is 48.2. The second-order valence-electron chi connectivity index (χ2n) is 6.67. The molecule has 2 N–H and O–H groups in total. The number of anilines is 1. The molecule has 3 rings (SSSR count). The molecule has 9 nitrogen and oxygen atoms in total. The fourth-order valence-corrected chi connectivity index (χ4v) is 3.50. The summed E-state index contributed by atoms with van der Waals surface area (Å²) in [5, 5.41) is 16.0. The van der Waals surface area contributed by atoms with E-state index in [-0.39, 0.29) is 18.1 Å². The molecule has 1 heterocycles. The number of hydrogen-bond donors (Lipinski definition) is 2. The number of rotatable bonds is 4. The minimum Gasteiger partial charge on any atom is -0.325 e. The van der Waals surface area contributed by atoms with Crippen molar-refractivity contribution in [2.45, 2.75) is 44.1 Å². The Balaban J connectivity index is 1.64. The highest BCUT2D eigenvalue weighted by Crippen LogP contribution is 2.32. The number of non-ortho nitro benzene ring substituents is 1. The van der Waals surface area contributed by atoms with Crippen molar-refractivity contribution in [1.82, 2.24) is 10.2 Å². The molecular weight excluding hydrogens is 340 g/mol. The van der Waals surface area contributed by atoms with Crippen molar-refractivity contribution in [3.63, 3.8) is 0 Å². The van der Waals surface area contributed by atoms with Gasteiger partial charge in [0.1, 0.15) is 12.1 Å². The van der Waals surface area contributed by atoms with Crippen LogP contribution in [-0.4, -0.2) is 39.8 Å². The van der Waals surface area contributed by atoms with E-state index in [0.29, 0.717) is 18.5 Å². The third-order valence-electron chi connectivity index (χ3n) is 4.87. The number of nitro benzene ring substituents is 1. The number of nitrogens with zero attached hydrogens (tertiary/aromatic N) is 2. The van der Waals surface area contributed by atoms with Crippen molar-refractivity contribution in [2.75, 3.05) is 11.9 Å². The van der Waals surface area contributed by atoms with E-state index in [1.54, 1.807) is 0 Å². The van der Waals surface area contributed by atoms with Crippen molar-refractivity contribution in [3.8, 4) is 0 Å². The third kappa shape index (κ3) is 3.51. The maximum absolute atomic E-state index is 12.7. The minimum absolute atomic E-state index is 0.0904. The number of benzene rings is 1. The molecule has 1 saturated heterocycles. The predicted molar refractivity (Wildman–Crippen MR) is 92.4 cm³/mol. The molecule has 4 amide bonds. The van der Waals surface area contributed by atoms with Crippen LogP contribution in [0.25, 0.3) is 0 Å². The van der Waals surface area contributed by atoms with Gasteiger partial charge in [-0.05, 0) is 25.0 Å². The van der Waals surface area contributed by atoms with Gasteiger partial charge in [-0.15, -0.1) is 0 Å². The van der Waals surface area contributed by atoms with Crippen LogP contribution in [0.5, 0.6) is 0 Å². The second-order valence-corrected chi connectivity index (χ2v) is 6.67. The van der Waals surface area contributed by atoms with Gasteiger partial charge in [-0.3, -0.25) is 24.6 Å². The first-order valence-corrected chi connectivity index (χ1v) is 8.60. The highest BCUT2D eigenvalue weighted by molar-refractivity contribution is 6.10. The molecule has 1 aromatic rings. The zero-order valence-corrected chi connectivity index (χ0v) is 14.2. The number of amides is 4. The molecule has 1 aliphatic carbocycles. The molecular formula is C17H20N4O5. The maximum atomic E-state index is 12.7. The van der Waals surface area contributed by atoms with E-state index in [4.69, 9.17) is 0 Å². The van der Waals surface area contributed by atoms with Crippen LogP contribution < -0.4 is 10.6 Å². The van der Waals surface area contributed by atoms with Crippen molar-refractivity contribution in [1.29, 1.82) is 0 Å². The fourth-order valence-electron chi connectivity index (χ4n) is 3.50. The SMILES string of the molecule is O=C(CN1C(=O)NC2(CCCCCC2)C1=O)Nc1ccc([N+](=O)[O-])cc1. The number of imide groups is 1. The van der Waals surface area contributed by atoms with Gasteiger partial charge in [0.15, 0.2) is 0 Å². The van der Waals surface area contributed by atoms with Gasteiger partial charge in [0, 0.05) is 17.8 Å². The van der Waals surface area contributed by atoms with E-state index in [1.165, 1.54) is 24.3 Å². The van der Waals surface area contributed by atoms with Gasteiger partial charge >= 0.3 is 6.03 Å². The summed E-state index contributed by atoms with van der Waals surface area (Å²) in [5.74, 6) is -0.878. The molecule has 0 radical (unpaired) electrons. The highest BCUT2D eigenvalue weighted by atomic mass is 16.6. The van der Waals surface area contributed by atoms with Gasteiger partial charge in [0.25, 0.3) is 11.6 Å². The predicted octanol–water partition coefficient (Wildman–Crippen LogP) is 2.18. The van der Waals surface area contributed by atoms with Gasteiger partial charge in [0.05, 0.1) is 4.92 Å². The van der Waals surface area contributed by atoms with Crippen molar-refractivity contribution >= 4 is 29.2 Å². The maximum Gasteiger partial charge on any atom is 0.325 e. The molecule has 1 aromatic carbocycles. The van der Waals surface area contributed by atoms with Crippen LogP contribution in [-0.2, 0) is 9.59 Å². The first-order chi connectivity index (χ1) is 12.4. The zero-order chi connectivity index (χ0) is 18.7. The number of carbonyl (C=O) groups excluding carboxylic acids is 3. The summed E-state index contributed by atoms with van der Waals surface area (Å²) in [7, 11) is 0. The Bertz CT molecular complexity index is 738. The number of nitro groups is 1. The van der Waals surface area contributed by atoms with Gasteiger partial charge in [-0.1, -0.05) is 25.7 Å². The van der Waals surface area contributed by atoms with Crippen LogP contribution in [0.3, 0.4) is 0 Å². The largest absolute Gasteiger partial charge is 0.325 e. The lowest BCUT2D eigenvalue weighted by atomic mass is 9.90. The summed E-state index contributed by atoms with van der Waals surface area (Å²) < 4.78 is 0. The van der Waals surface area contributed by atoms with Crippen molar-refractivity contribution in [3.05, 3.63) is 34.4 Å². The number of hydrogen-bond acceptors (Lipinski definition) is 5. The van der Waals surface area contributed by atoms with E-state index < -0.39 is 22.4 Å². The molecule has 0 bridgehead atoms. The number of nitrogens with one attached hydrogen (secondary N) is 2. The van der Waals surface area contributed by atoms with Crippen LogP contribution >= 0.6 is 0 Å². The average Bonchev–Trinajstić information content (AvgIpc) is 2.77. The van der Waals surface area contributed by atoms with Crippen LogP contribution in [0, 0.1) is 10.1 Å². The summed E-state index contributed by atoms with van der Waals surface area (Å²) in [6.45, 7) is -0.386. The topological polar surface area (TPSA) is 122 Å². The highest BCUT2D eigenvalue weighted by Gasteiger charge is 2.51. The van der Waals surface area contributed by atoms with E-state index in [9.17, 15) is 24.5 Å². The van der Waals surface area contributed by atoms with Gasteiger partial charge in [0.2, 0.25) is 5.91 Å². The van der Waals surface area contributed by atoms with E-state index >= 15 is 0 Å². The Morgan fingerprint density at radius 1 is 1.15 bits per heavy atom. The second kappa shape index (κ2) is 7.11. The minimum atomic E-state index is -0.874. The van der Waals surface area contributed by atoms with Crippen LogP contribution in [0.4, 0.5) is 16.2 Å². The van der Waals surface area contributed by atoms with E-state index in [0.717, 1.165) is 30.6 Å². The lowest BCUT2D eigenvalue weighted by Gasteiger charge is -2.24. The normalized spacial score (nSPS) is 19.2. The molecule has 138 valence electrons. The van der Waals surface area contributed by atoms with Gasteiger partial charge in [-0.25, -0.2) is 4.79 Å². The van der Waals surface area contributed by atoms with Crippen molar-refractivity contribution in [2.24, 2.45) is 0 Å². The molecule has 0 aromatic heterocycles. The van der Waals surface area contributed by atoms with Crippen LogP contribution in [0.2, 0.25) is 0 Å². The molecule has 1 spiro atoms. The quantitative estimate of drug-likeness (QED) is 0.484. The lowest BCUT2D eigenvalue weighted by Crippen LogP contribution is -2.47. The lowest BCUT2D eigenvalue weighted by molar-refractivity contribution is -0.384. The van der Waals surface area contributed by atoms with Gasteiger partial charge < -0.3 is 10.6 Å². The monoisotopic (exact) mass is 360 g/mol. The Kier molecular flexibility index (Phi) is 4.88. The average molecular weight is 360 g/mol. The van der Waals surface area contributed by atoms with Gasteiger partial charge in [-0.2, -0.15) is 0 Å². The number of carbonyl (C=O) groups is 3. The Morgan fingerprint density at radius 2 is 1.77 bits per heavy atom. The Hall–Kier alpha value is -2.97. The van der Waals surface area contributed by atoms with E-state index in [1.807, 2.05) is 0 Å². The Labute approximate surface area is 149 Å². The fraction of sp³-hybridized carbons (Fsp3) is 0.471. The smallest absolute Gasteiger partial charge is 0.325 e. The van der Waals surface area contributed by atoms with Crippen molar-refractivity contribution < 1.29 is 19.3 Å². The van der Waals surface area contributed by atoms with Crippen LogP contribution in [0.15, 0.2) is 24.3 Å². The van der Waals surface area contributed by atoms with Crippen LogP contribution in [0.1, 0.15) is 38.5 Å². The summed E-state index contributed by atoms with van der Waals surface area (Å²) in [5.41, 5.74) is -0.606. The summed E-state index contributed by atoms with van der Waals surface area (Å²) in [6, 6.07) is 4.78. The Morgan fingerprint density at radius 3 is 2.35 bits per heavy atom.